The number of hydrogen-bond acceptors (Lipinski definition) is 9. The van der Waals surface area contributed by atoms with E-state index in [1.54, 1.807) is 52.1 Å². The van der Waals surface area contributed by atoms with Gasteiger partial charge in [0.25, 0.3) is 0 Å². The summed E-state index contributed by atoms with van der Waals surface area (Å²) in [5.41, 5.74) is 1.06. The molecule has 1 heterocycles. The molecule has 1 N–H and O–H groups in total. The van der Waals surface area contributed by atoms with Gasteiger partial charge in [-0.15, -0.1) is 0 Å². The van der Waals surface area contributed by atoms with Crippen LogP contribution in [0, 0.1) is 0 Å². The maximum atomic E-state index is 13.0. The van der Waals surface area contributed by atoms with Gasteiger partial charge in [0.1, 0.15) is 18.2 Å². The second-order valence-corrected chi connectivity index (χ2v) is 9.73. The second-order valence-electron chi connectivity index (χ2n) is 9.73. The third kappa shape index (κ3) is 9.27. The highest BCUT2D eigenvalue weighted by atomic mass is 16.6. The van der Waals surface area contributed by atoms with Crippen molar-refractivity contribution in [3.63, 3.8) is 0 Å². The van der Waals surface area contributed by atoms with E-state index in [0.717, 1.165) is 5.56 Å². The average Bonchev–Trinajstić information content (AvgIpc) is 2.80. The van der Waals surface area contributed by atoms with Crippen molar-refractivity contribution >= 4 is 36.6 Å². The van der Waals surface area contributed by atoms with E-state index in [1.165, 1.54) is 4.90 Å². The van der Waals surface area contributed by atoms with Gasteiger partial charge in [-0.2, -0.15) is 0 Å². The normalized spacial score (nSPS) is 15.5. The van der Waals surface area contributed by atoms with Gasteiger partial charge in [0, 0.05) is 11.9 Å². The van der Waals surface area contributed by atoms with Crippen molar-refractivity contribution in [2.75, 3.05) is 20.1 Å². The highest BCUT2D eigenvalue weighted by Crippen LogP contribution is 2.11. The summed E-state index contributed by atoms with van der Waals surface area (Å²) in [6, 6.07) is 14.8. The van der Waals surface area contributed by atoms with Crippen LogP contribution in [0.4, 0.5) is 4.79 Å². The molecule has 0 aliphatic carbocycles. The smallest absolute Gasteiger partial charge is 0.494 e. The highest BCUT2D eigenvalue weighted by Gasteiger charge is 2.34. The van der Waals surface area contributed by atoms with Gasteiger partial charge in [0.15, 0.2) is 0 Å². The molecule has 0 saturated carbocycles. The minimum Gasteiger partial charge on any atom is -0.494 e. The van der Waals surface area contributed by atoms with Crippen molar-refractivity contribution in [1.29, 1.82) is 0 Å². The molecule has 3 rings (SSSR count). The van der Waals surface area contributed by atoms with Gasteiger partial charge in [-0.1, -0.05) is 54.6 Å². The number of esters is 1. The highest BCUT2D eigenvalue weighted by molar-refractivity contribution is 6.64. The van der Waals surface area contributed by atoms with Crippen molar-refractivity contribution in [2.45, 2.75) is 45.4 Å². The van der Waals surface area contributed by atoms with Crippen molar-refractivity contribution in [3.05, 3.63) is 65.7 Å². The predicted molar refractivity (Wildman–Crippen MR) is 135 cm³/mol. The third-order valence-electron chi connectivity index (χ3n) is 5.14. The fourth-order valence-corrected chi connectivity index (χ4v) is 3.54. The van der Waals surface area contributed by atoms with E-state index in [9.17, 15) is 19.2 Å². The minimum absolute atomic E-state index is 0.0363. The van der Waals surface area contributed by atoms with Crippen LogP contribution in [0.5, 0.6) is 0 Å². The Morgan fingerprint density at radius 3 is 2.24 bits per heavy atom. The fourth-order valence-electron chi connectivity index (χ4n) is 3.54. The van der Waals surface area contributed by atoms with E-state index in [2.05, 4.69) is 5.32 Å². The zero-order chi connectivity index (χ0) is 27.0. The Morgan fingerprint density at radius 2 is 1.62 bits per heavy atom. The molecule has 196 valence electrons. The van der Waals surface area contributed by atoms with E-state index in [-0.39, 0.29) is 26.1 Å². The summed E-state index contributed by atoms with van der Waals surface area (Å²) < 4.78 is 21.4. The molecule has 1 aliphatic rings. The molecule has 1 amide bonds. The molecule has 11 heteroatoms. The van der Waals surface area contributed by atoms with Crippen molar-refractivity contribution in [3.8, 4) is 0 Å². The van der Waals surface area contributed by atoms with E-state index in [0.29, 0.717) is 11.0 Å². The van der Waals surface area contributed by atoms with Crippen molar-refractivity contribution < 1.29 is 38.0 Å². The van der Waals surface area contributed by atoms with Crippen LogP contribution in [0.1, 0.15) is 31.9 Å². The maximum Gasteiger partial charge on any atom is 0.636 e. The molecule has 1 aliphatic heterocycles. The van der Waals surface area contributed by atoms with Crippen LogP contribution in [0.25, 0.3) is 0 Å². The molecular weight excluding hydrogens is 479 g/mol. The van der Waals surface area contributed by atoms with Crippen LogP contribution >= 0.6 is 0 Å². The summed E-state index contributed by atoms with van der Waals surface area (Å²) in [6.45, 7) is 5.08. The number of nitrogens with one attached hydrogen (secondary N) is 1. The molecule has 1 saturated heterocycles. The number of alkyl carbamates (subject to hydrolysis) is 1. The van der Waals surface area contributed by atoms with Crippen molar-refractivity contribution in [1.82, 2.24) is 10.2 Å². The SMILES string of the molecule is CN1CC(=O)OB(c2cccc(C[C@@H](NC(=O)OC(C)(C)C)C(=O)OCc3ccccc3)c2)OC(=O)C1. The zero-order valence-corrected chi connectivity index (χ0v) is 21.4. The van der Waals surface area contributed by atoms with Gasteiger partial charge in [-0.3, -0.25) is 14.5 Å². The molecule has 2 aromatic carbocycles. The quantitative estimate of drug-likeness (QED) is 0.437. The number of rotatable bonds is 7. The molecule has 0 spiro atoms. The molecule has 1 atom stereocenters. The monoisotopic (exact) mass is 510 g/mol. The summed E-state index contributed by atoms with van der Waals surface area (Å²) in [6.07, 6.45) is -0.713. The summed E-state index contributed by atoms with van der Waals surface area (Å²) in [4.78, 5) is 51.2. The molecule has 37 heavy (non-hydrogen) atoms. The summed E-state index contributed by atoms with van der Waals surface area (Å²) in [5, 5.41) is 2.58. The van der Waals surface area contributed by atoms with E-state index in [1.807, 2.05) is 30.3 Å². The van der Waals surface area contributed by atoms with Gasteiger partial charge in [0.2, 0.25) is 0 Å². The summed E-state index contributed by atoms with van der Waals surface area (Å²) in [7, 11) is 0.383. The number of carbonyl (C=O) groups excluding carboxylic acids is 4. The van der Waals surface area contributed by atoms with Crippen LogP contribution in [-0.4, -0.2) is 67.8 Å². The molecule has 10 nitrogen and oxygen atoms in total. The largest absolute Gasteiger partial charge is 0.636 e. The summed E-state index contributed by atoms with van der Waals surface area (Å²) >= 11 is 0. The number of benzene rings is 2. The Morgan fingerprint density at radius 1 is 1.00 bits per heavy atom. The minimum atomic E-state index is -1.23. The zero-order valence-electron chi connectivity index (χ0n) is 21.4. The molecule has 2 aromatic rings. The summed E-state index contributed by atoms with van der Waals surface area (Å²) in [5.74, 6) is -1.73. The van der Waals surface area contributed by atoms with Crippen LogP contribution < -0.4 is 10.8 Å². The lowest BCUT2D eigenvalue weighted by molar-refractivity contribution is -0.148. The molecule has 1 fully saturated rings. The van der Waals surface area contributed by atoms with E-state index in [4.69, 9.17) is 18.8 Å². The first-order valence-corrected chi connectivity index (χ1v) is 11.8. The number of likely N-dealkylation sites (N-methyl/N-ethyl adjacent to an activating group) is 1. The molecule has 0 unspecified atom stereocenters. The van der Waals surface area contributed by atoms with Gasteiger partial charge in [0.05, 0.1) is 13.1 Å². The fraction of sp³-hybridized carbons (Fsp3) is 0.385. The molecule has 0 radical (unpaired) electrons. The van der Waals surface area contributed by atoms with Crippen LogP contribution in [-0.2, 0) is 46.2 Å². The van der Waals surface area contributed by atoms with Crippen LogP contribution in [0.3, 0.4) is 0 Å². The average molecular weight is 510 g/mol. The number of amides is 1. The van der Waals surface area contributed by atoms with Gasteiger partial charge < -0.3 is 24.1 Å². The van der Waals surface area contributed by atoms with Gasteiger partial charge in [-0.05, 0) is 38.9 Å². The molecule has 0 aromatic heterocycles. The second kappa shape index (κ2) is 12.4. The Labute approximate surface area is 216 Å². The maximum absolute atomic E-state index is 13.0. The Kier molecular flexibility index (Phi) is 9.29. The predicted octanol–water partition coefficient (Wildman–Crippen LogP) is 1.59. The lowest BCUT2D eigenvalue weighted by atomic mass is 9.77. The van der Waals surface area contributed by atoms with Crippen LogP contribution in [0.15, 0.2) is 54.6 Å². The lowest BCUT2D eigenvalue weighted by Crippen LogP contribution is -2.48. The Balaban J connectivity index is 1.76. The van der Waals surface area contributed by atoms with Gasteiger partial charge in [-0.25, -0.2) is 9.59 Å². The third-order valence-corrected chi connectivity index (χ3v) is 5.14. The number of ether oxygens (including phenoxy) is 2. The van der Waals surface area contributed by atoms with E-state index >= 15 is 0 Å². The van der Waals surface area contributed by atoms with Gasteiger partial charge >= 0.3 is 31.1 Å². The molecular formula is C26H31BN2O8. The number of carbonyl (C=O) groups is 4. The van der Waals surface area contributed by atoms with E-state index < -0.39 is 42.8 Å². The van der Waals surface area contributed by atoms with Crippen LogP contribution in [0.2, 0.25) is 0 Å². The van der Waals surface area contributed by atoms with Crippen molar-refractivity contribution in [2.24, 2.45) is 0 Å². The Hall–Kier alpha value is -3.86. The first-order valence-electron chi connectivity index (χ1n) is 11.8. The lowest BCUT2D eigenvalue weighted by Gasteiger charge is -2.24. The molecule has 0 bridgehead atoms. The number of nitrogens with zero attached hydrogens (tertiary/aromatic N) is 1. The topological polar surface area (TPSA) is 120 Å². The standard InChI is InChI=1S/C26H31BN2O8/c1-26(2,3)35-25(33)28-21(24(32)34-17-18-9-6-5-7-10-18)14-19-11-8-12-20(13-19)27-36-22(30)15-29(4)16-23(31)37-27/h5-13,21H,14-17H2,1-4H3,(H,28,33)/t21-/m1/s1. The number of hydrogen-bond donors (Lipinski definition) is 1. The first kappa shape index (κ1) is 27.7. The first-order chi connectivity index (χ1) is 17.5. The Bertz CT molecular complexity index is 1100.